The van der Waals surface area contributed by atoms with Gasteiger partial charge in [-0.2, -0.15) is 0 Å². The van der Waals surface area contributed by atoms with Gasteiger partial charge < -0.3 is 4.79 Å². The Morgan fingerprint density at radius 2 is 0.895 bits per heavy atom. The first-order chi connectivity index (χ1) is 8.41. The van der Waals surface area contributed by atoms with Crippen LogP contribution >= 0.6 is 0 Å². The van der Waals surface area contributed by atoms with Crippen molar-refractivity contribution in [3.05, 3.63) is 0 Å². The molecule has 0 aliphatic carbocycles. The maximum atomic E-state index is 10.1. The van der Waals surface area contributed by atoms with Gasteiger partial charge in [0, 0.05) is 6.42 Å². The van der Waals surface area contributed by atoms with Gasteiger partial charge in [0.2, 0.25) is 0 Å². The summed E-state index contributed by atoms with van der Waals surface area (Å²) in [5, 5.41) is 0. The first kappa shape index (κ1) is 26.8. The molecule has 3 heteroatoms. The summed E-state index contributed by atoms with van der Waals surface area (Å²) >= 11 is 0. The van der Waals surface area contributed by atoms with Crippen LogP contribution in [0.2, 0.25) is 0 Å². The van der Waals surface area contributed by atoms with Crippen LogP contribution in [0.1, 0.15) is 96.8 Å². The third kappa shape index (κ3) is 26.2. The van der Waals surface area contributed by atoms with Crippen molar-refractivity contribution in [2.45, 2.75) is 96.8 Å². The van der Waals surface area contributed by atoms with Gasteiger partial charge in [0.25, 0.3) is 0 Å². The van der Waals surface area contributed by atoms with Crippen molar-refractivity contribution in [1.29, 1.82) is 0 Å². The summed E-state index contributed by atoms with van der Waals surface area (Å²) in [7, 11) is 0. The minimum atomic E-state index is 0. The maximum absolute atomic E-state index is 10.1. The number of carbonyl (C=O) groups is 1. The molecule has 0 amide bonds. The first-order valence-electron chi connectivity index (χ1n) is 7.85. The van der Waals surface area contributed by atoms with Crippen molar-refractivity contribution in [1.82, 2.24) is 0 Å². The molecule has 106 valence electrons. The van der Waals surface area contributed by atoms with Crippen LogP contribution in [0.5, 0.6) is 0 Å². The number of carbonyl (C=O) groups excluding carboxylic acids is 1. The predicted molar refractivity (Wildman–Crippen MR) is 90.7 cm³/mol. The number of hydrogen-bond donors (Lipinski definition) is 0. The Morgan fingerprint density at radius 1 is 0.579 bits per heavy atom. The fraction of sp³-hybridized carbons (Fsp3) is 0.938. The standard InChI is InChI=1S/C16H32O.2K.2H/c1-2-3-4-5-6-7-8-9-10-11-12-13-14-15-16-17;;;;/h16H,2-15H2,1H3;;;;. The molecule has 0 aliphatic rings. The monoisotopic (exact) mass is 320 g/mol. The molecular formula is C16H34K2O. The third-order valence-corrected chi connectivity index (χ3v) is 3.43. The van der Waals surface area contributed by atoms with Crippen molar-refractivity contribution in [3.8, 4) is 0 Å². The van der Waals surface area contributed by atoms with E-state index in [1.165, 1.54) is 77.0 Å². The molecule has 0 N–H and O–H groups in total. The van der Waals surface area contributed by atoms with E-state index in [1.807, 2.05) is 0 Å². The van der Waals surface area contributed by atoms with Crippen LogP contribution in [-0.2, 0) is 4.79 Å². The number of rotatable bonds is 14. The van der Waals surface area contributed by atoms with E-state index in [9.17, 15) is 4.79 Å². The molecule has 0 saturated heterocycles. The van der Waals surface area contributed by atoms with Gasteiger partial charge in [-0.25, -0.2) is 0 Å². The minimum absolute atomic E-state index is 0. The second-order valence-corrected chi connectivity index (χ2v) is 5.20. The molecule has 0 unspecified atom stereocenters. The molecule has 0 bridgehead atoms. The van der Waals surface area contributed by atoms with E-state index >= 15 is 0 Å². The van der Waals surface area contributed by atoms with Gasteiger partial charge in [0.15, 0.2) is 0 Å². The molecule has 0 aromatic rings. The zero-order valence-electron chi connectivity index (χ0n) is 11.9. The summed E-state index contributed by atoms with van der Waals surface area (Å²) in [5.74, 6) is 0. The Morgan fingerprint density at radius 3 is 1.21 bits per heavy atom. The van der Waals surface area contributed by atoms with Crippen molar-refractivity contribution in [2.24, 2.45) is 0 Å². The molecular weight excluding hydrogens is 286 g/mol. The zero-order valence-corrected chi connectivity index (χ0v) is 11.9. The van der Waals surface area contributed by atoms with Crippen molar-refractivity contribution < 1.29 is 4.79 Å². The van der Waals surface area contributed by atoms with E-state index < -0.39 is 0 Å². The molecule has 19 heavy (non-hydrogen) atoms. The summed E-state index contributed by atoms with van der Waals surface area (Å²) < 4.78 is 0. The van der Waals surface area contributed by atoms with Crippen LogP contribution in [0.25, 0.3) is 0 Å². The van der Waals surface area contributed by atoms with E-state index in [4.69, 9.17) is 0 Å². The Bertz CT molecular complexity index is 152. The van der Waals surface area contributed by atoms with Crippen LogP contribution < -0.4 is 0 Å². The topological polar surface area (TPSA) is 17.1 Å². The molecule has 0 aromatic carbocycles. The number of unbranched alkanes of at least 4 members (excludes halogenated alkanes) is 13. The Balaban J connectivity index is -0.00000128. The van der Waals surface area contributed by atoms with Gasteiger partial charge in [-0.3, -0.25) is 0 Å². The zero-order chi connectivity index (χ0) is 12.6. The van der Waals surface area contributed by atoms with Crippen LogP contribution in [0.15, 0.2) is 0 Å². The van der Waals surface area contributed by atoms with Crippen LogP contribution in [0.3, 0.4) is 0 Å². The molecule has 0 heterocycles. The first-order valence-corrected chi connectivity index (χ1v) is 7.85. The van der Waals surface area contributed by atoms with Crippen molar-refractivity contribution in [2.75, 3.05) is 0 Å². The van der Waals surface area contributed by atoms with Crippen molar-refractivity contribution in [3.63, 3.8) is 0 Å². The van der Waals surface area contributed by atoms with E-state index in [-0.39, 0.29) is 103 Å². The van der Waals surface area contributed by atoms with Gasteiger partial charge in [0.1, 0.15) is 6.29 Å². The normalized spacial score (nSPS) is 9.53. The molecule has 0 aromatic heterocycles. The molecule has 0 saturated carbocycles. The number of aldehydes is 1. The molecule has 0 rings (SSSR count). The van der Waals surface area contributed by atoms with Crippen LogP contribution in [-0.4, -0.2) is 109 Å². The number of hydrogen-bond acceptors (Lipinski definition) is 1. The van der Waals surface area contributed by atoms with E-state index in [0.717, 1.165) is 19.1 Å². The van der Waals surface area contributed by atoms with E-state index in [1.54, 1.807) is 0 Å². The summed E-state index contributed by atoms with van der Waals surface area (Å²) in [5.41, 5.74) is 0. The fourth-order valence-electron chi connectivity index (χ4n) is 2.25. The Kier molecular flexibility index (Phi) is 36.5. The third-order valence-electron chi connectivity index (χ3n) is 3.43. The summed E-state index contributed by atoms with van der Waals surface area (Å²) in [6.45, 7) is 2.27. The van der Waals surface area contributed by atoms with Gasteiger partial charge in [-0.05, 0) is 6.42 Å². The summed E-state index contributed by atoms with van der Waals surface area (Å²) in [6.07, 6.45) is 19.6. The van der Waals surface area contributed by atoms with E-state index in [0.29, 0.717) is 0 Å². The summed E-state index contributed by atoms with van der Waals surface area (Å²) in [6, 6.07) is 0. The average molecular weight is 321 g/mol. The molecule has 0 aliphatic heterocycles. The second kappa shape index (κ2) is 25.9. The average Bonchev–Trinajstić information content (AvgIpc) is 2.35. The van der Waals surface area contributed by atoms with Crippen molar-refractivity contribution >= 4 is 109 Å². The van der Waals surface area contributed by atoms with Gasteiger partial charge >= 0.3 is 103 Å². The van der Waals surface area contributed by atoms with Crippen LogP contribution in [0.4, 0.5) is 0 Å². The SMILES string of the molecule is CCCCCCCCCCCCCCCC=O.[KH].[KH]. The van der Waals surface area contributed by atoms with Gasteiger partial charge in [-0.15, -0.1) is 0 Å². The summed E-state index contributed by atoms with van der Waals surface area (Å²) in [4.78, 5) is 10.1. The Labute approximate surface area is 206 Å². The molecule has 0 fully saturated rings. The van der Waals surface area contributed by atoms with Gasteiger partial charge in [-0.1, -0.05) is 84.0 Å². The quantitative estimate of drug-likeness (QED) is 0.264. The fourth-order valence-corrected chi connectivity index (χ4v) is 2.25. The van der Waals surface area contributed by atoms with Crippen LogP contribution in [0, 0.1) is 0 Å². The molecule has 0 spiro atoms. The predicted octanol–water partition coefficient (Wildman–Crippen LogP) is 4.37. The molecule has 0 atom stereocenters. The Hall–Kier alpha value is 2.94. The molecule has 0 radical (unpaired) electrons. The molecule has 1 nitrogen and oxygen atoms in total. The van der Waals surface area contributed by atoms with E-state index in [2.05, 4.69) is 6.92 Å². The second-order valence-electron chi connectivity index (χ2n) is 5.20. The van der Waals surface area contributed by atoms with Gasteiger partial charge in [0.05, 0.1) is 0 Å².